The molecule has 0 bridgehead atoms. The lowest BCUT2D eigenvalue weighted by Gasteiger charge is -2.29. The number of aromatic amines is 1. The van der Waals surface area contributed by atoms with Gasteiger partial charge in [0, 0.05) is 23.2 Å². The van der Waals surface area contributed by atoms with Crippen LogP contribution >= 0.6 is 0 Å². The van der Waals surface area contributed by atoms with Gasteiger partial charge in [-0.25, -0.2) is 4.98 Å². The highest BCUT2D eigenvalue weighted by Crippen LogP contribution is 2.47. The molecule has 0 aliphatic heterocycles. The van der Waals surface area contributed by atoms with E-state index in [1.54, 1.807) is 6.20 Å². The van der Waals surface area contributed by atoms with Crippen LogP contribution < -0.4 is 0 Å². The summed E-state index contributed by atoms with van der Waals surface area (Å²) >= 11 is 0. The Morgan fingerprint density at radius 2 is 2.00 bits per heavy atom. The number of hydrogen-bond donors (Lipinski definition) is 2. The molecule has 3 aromatic heterocycles. The van der Waals surface area contributed by atoms with Crippen LogP contribution in [-0.4, -0.2) is 25.2 Å². The molecular weight excluding hydrogens is 388 g/mol. The molecule has 6 heteroatoms. The summed E-state index contributed by atoms with van der Waals surface area (Å²) in [6.07, 6.45) is 7.03. The number of H-pyrrole nitrogens is 1. The average Bonchev–Trinajstić information content (AvgIpc) is 3.70. The Kier molecular flexibility index (Phi) is 4.09. The van der Waals surface area contributed by atoms with Gasteiger partial charge in [0.2, 0.25) is 0 Å². The molecule has 2 aliphatic rings. The molecule has 1 atom stereocenters. The van der Waals surface area contributed by atoms with Crippen LogP contribution in [-0.2, 0) is 5.60 Å². The first-order valence-corrected chi connectivity index (χ1v) is 11.1. The SMILES string of the molecule is Cc1noc(C)c1-c1cc(C(O)(CC2CC2)c2ccccn2)c2nc(C3CC3)[nH]c2c1. The van der Waals surface area contributed by atoms with Crippen LogP contribution in [0.1, 0.15) is 66.6 Å². The number of rotatable bonds is 6. The summed E-state index contributed by atoms with van der Waals surface area (Å²) in [5.41, 5.74) is 4.87. The Bertz CT molecular complexity index is 1250. The van der Waals surface area contributed by atoms with E-state index in [0.717, 1.165) is 57.8 Å². The predicted octanol–water partition coefficient (Wildman–Crippen LogP) is 5.14. The van der Waals surface area contributed by atoms with E-state index in [1.807, 2.05) is 32.0 Å². The van der Waals surface area contributed by atoms with Crippen molar-refractivity contribution in [1.82, 2.24) is 20.1 Å². The highest BCUT2D eigenvalue weighted by atomic mass is 16.5. The number of aryl methyl sites for hydroxylation is 2. The van der Waals surface area contributed by atoms with Crippen molar-refractivity contribution in [3.8, 4) is 11.1 Å². The second-order valence-electron chi connectivity index (χ2n) is 9.24. The van der Waals surface area contributed by atoms with Gasteiger partial charge in [-0.3, -0.25) is 4.98 Å². The van der Waals surface area contributed by atoms with Gasteiger partial charge >= 0.3 is 0 Å². The van der Waals surface area contributed by atoms with Crippen LogP contribution in [0.25, 0.3) is 22.2 Å². The maximum absolute atomic E-state index is 12.2. The summed E-state index contributed by atoms with van der Waals surface area (Å²) in [4.78, 5) is 13.1. The summed E-state index contributed by atoms with van der Waals surface area (Å²) < 4.78 is 5.45. The lowest BCUT2D eigenvalue weighted by atomic mass is 9.82. The molecule has 0 amide bonds. The molecule has 2 aliphatic carbocycles. The number of pyridine rings is 1. The largest absolute Gasteiger partial charge is 0.379 e. The Morgan fingerprint density at radius 3 is 2.65 bits per heavy atom. The molecule has 6 nitrogen and oxygen atoms in total. The summed E-state index contributed by atoms with van der Waals surface area (Å²) in [7, 11) is 0. The van der Waals surface area contributed by atoms with Crippen LogP contribution in [0.3, 0.4) is 0 Å². The molecule has 1 aromatic carbocycles. The Balaban J connectivity index is 1.62. The zero-order valence-corrected chi connectivity index (χ0v) is 17.9. The minimum absolute atomic E-state index is 0.495. The average molecular weight is 415 g/mol. The molecule has 158 valence electrons. The minimum atomic E-state index is -1.20. The zero-order valence-electron chi connectivity index (χ0n) is 17.9. The van der Waals surface area contributed by atoms with E-state index in [4.69, 9.17) is 9.51 Å². The fourth-order valence-corrected chi connectivity index (χ4v) is 4.74. The van der Waals surface area contributed by atoms with Crippen molar-refractivity contribution >= 4 is 11.0 Å². The highest BCUT2D eigenvalue weighted by Gasteiger charge is 2.41. The summed E-state index contributed by atoms with van der Waals surface area (Å²) in [6, 6.07) is 9.93. The quantitative estimate of drug-likeness (QED) is 0.456. The first kappa shape index (κ1) is 18.8. The number of nitrogens with zero attached hydrogens (tertiary/aromatic N) is 3. The van der Waals surface area contributed by atoms with Gasteiger partial charge in [-0.05, 0) is 68.9 Å². The fraction of sp³-hybridized carbons (Fsp3) is 0.400. The lowest BCUT2D eigenvalue weighted by molar-refractivity contribution is 0.0616. The number of aliphatic hydroxyl groups is 1. The second-order valence-corrected chi connectivity index (χ2v) is 9.24. The molecule has 2 fully saturated rings. The minimum Gasteiger partial charge on any atom is -0.379 e. The molecule has 2 N–H and O–H groups in total. The van der Waals surface area contributed by atoms with Gasteiger partial charge in [-0.15, -0.1) is 0 Å². The van der Waals surface area contributed by atoms with Crippen LogP contribution in [0.5, 0.6) is 0 Å². The lowest BCUT2D eigenvalue weighted by Crippen LogP contribution is -2.29. The van der Waals surface area contributed by atoms with Crippen molar-refractivity contribution in [2.75, 3.05) is 0 Å². The second kappa shape index (κ2) is 6.76. The van der Waals surface area contributed by atoms with Gasteiger partial charge in [0.05, 0.1) is 22.4 Å². The molecule has 0 spiro atoms. The Labute approximate surface area is 180 Å². The van der Waals surface area contributed by atoms with Gasteiger partial charge in [-0.2, -0.15) is 0 Å². The van der Waals surface area contributed by atoms with Crippen molar-refractivity contribution < 1.29 is 9.63 Å². The molecule has 0 radical (unpaired) electrons. The van der Waals surface area contributed by atoms with E-state index in [2.05, 4.69) is 27.3 Å². The summed E-state index contributed by atoms with van der Waals surface area (Å²) in [5, 5.41) is 16.4. The maximum atomic E-state index is 12.2. The molecule has 31 heavy (non-hydrogen) atoms. The third-order valence-electron chi connectivity index (χ3n) is 6.71. The topological polar surface area (TPSA) is 87.8 Å². The number of nitrogens with one attached hydrogen (secondary N) is 1. The fourth-order valence-electron chi connectivity index (χ4n) is 4.74. The Hall–Kier alpha value is -2.99. The third-order valence-corrected chi connectivity index (χ3v) is 6.71. The number of hydrogen-bond acceptors (Lipinski definition) is 5. The van der Waals surface area contributed by atoms with Gasteiger partial charge in [0.25, 0.3) is 0 Å². The summed E-state index contributed by atoms with van der Waals surface area (Å²) in [5.74, 6) is 2.79. The molecular formula is C25H26N4O2. The van der Waals surface area contributed by atoms with Crippen molar-refractivity contribution in [1.29, 1.82) is 0 Å². The van der Waals surface area contributed by atoms with Crippen molar-refractivity contribution in [2.45, 2.75) is 57.5 Å². The monoisotopic (exact) mass is 414 g/mol. The first-order valence-electron chi connectivity index (χ1n) is 11.1. The highest BCUT2D eigenvalue weighted by molar-refractivity contribution is 5.87. The molecule has 4 aromatic rings. The van der Waals surface area contributed by atoms with E-state index in [0.29, 0.717) is 24.0 Å². The zero-order chi connectivity index (χ0) is 21.2. The first-order chi connectivity index (χ1) is 15.0. The molecule has 3 heterocycles. The van der Waals surface area contributed by atoms with Crippen LogP contribution in [0.2, 0.25) is 0 Å². The molecule has 2 saturated carbocycles. The standard InChI is InChI=1S/C25H26N4O2/c1-14-22(15(2)31-29-14)18-11-19(23-20(12-18)27-24(28-23)17-8-9-17)25(30,13-16-6-7-16)21-5-3-4-10-26-21/h3-5,10-12,16-17,30H,6-9,13H2,1-2H3,(H,27,28). The van der Waals surface area contributed by atoms with E-state index in [-0.39, 0.29) is 0 Å². The maximum Gasteiger partial charge on any atom is 0.141 e. The van der Waals surface area contributed by atoms with Gasteiger partial charge < -0.3 is 14.6 Å². The number of aromatic nitrogens is 4. The van der Waals surface area contributed by atoms with E-state index in [1.165, 1.54) is 12.8 Å². The normalized spacial score (nSPS) is 18.4. The van der Waals surface area contributed by atoms with Crippen molar-refractivity contribution in [3.05, 3.63) is 65.1 Å². The van der Waals surface area contributed by atoms with E-state index < -0.39 is 5.60 Å². The smallest absolute Gasteiger partial charge is 0.141 e. The molecule has 0 saturated heterocycles. The Morgan fingerprint density at radius 1 is 1.16 bits per heavy atom. The van der Waals surface area contributed by atoms with Crippen molar-refractivity contribution in [2.24, 2.45) is 5.92 Å². The van der Waals surface area contributed by atoms with Crippen LogP contribution in [0.4, 0.5) is 0 Å². The van der Waals surface area contributed by atoms with Gasteiger partial charge in [-0.1, -0.05) is 24.1 Å². The number of imidazole rings is 1. The molecule has 1 unspecified atom stereocenters. The summed E-state index contributed by atoms with van der Waals surface area (Å²) in [6.45, 7) is 3.88. The van der Waals surface area contributed by atoms with Gasteiger partial charge in [0.15, 0.2) is 0 Å². The van der Waals surface area contributed by atoms with Crippen LogP contribution in [0, 0.1) is 19.8 Å². The predicted molar refractivity (Wildman–Crippen MR) is 118 cm³/mol. The van der Waals surface area contributed by atoms with Gasteiger partial charge in [0.1, 0.15) is 17.2 Å². The third kappa shape index (κ3) is 3.17. The van der Waals surface area contributed by atoms with E-state index >= 15 is 0 Å². The van der Waals surface area contributed by atoms with Crippen LogP contribution in [0.15, 0.2) is 41.1 Å². The van der Waals surface area contributed by atoms with E-state index in [9.17, 15) is 5.11 Å². The molecule has 6 rings (SSSR count). The number of benzene rings is 1. The number of fused-ring (bicyclic) bond motifs is 1. The van der Waals surface area contributed by atoms with Crippen molar-refractivity contribution in [3.63, 3.8) is 0 Å².